The van der Waals surface area contributed by atoms with E-state index in [2.05, 4.69) is 43.3 Å². The van der Waals surface area contributed by atoms with Crippen molar-refractivity contribution < 1.29 is 4.39 Å². The summed E-state index contributed by atoms with van der Waals surface area (Å²) in [6.07, 6.45) is 2.15. The Morgan fingerprint density at radius 1 is 1.32 bits per heavy atom. The van der Waals surface area contributed by atoms with Crippen LogP contribution in [0.2, 0.25) is 0 Å². The summed E-state index contributed by atoms with van der Waals surface area (Å²) in [6, 6.07) is 2.67. The fraction of sp³-hybridized carbons (Fsp3) is 0.800. The molecule has 4 heteroatoms. The smallest absolute Gasteiger partial charge is 0.102 e. The topological polar surface area (TPSA) is 21.1 Å². The maximum Gasteiger partial charge on any atom is 0.102 e. The number of aromatic nitrogens is 2. The molecule has 0 aliphatic carbocycles. The van der Waals surface area contributed by atoms with E-state index in [0.717, 1.165) is 31.6 Å². The molecule has 0 N–H and O–H groups in total. The maximum absolute atomic E-state index is 12.4. The third-order valence-electron chi connectivity index (χ3n) is 3.93. The van der Waals surface area contributed by atoms with E-state index in [4.69, 9.17) is 5.10 Å². The van der Waals surface area contributed by atoms with Crippen molar-refractivity contribution in [3.05, 3.63) is 17.5 Å². The minimum atomic E-state index is -0.237. The van der Waals surface area contributed by atoms with E-state index in [9.17, 15) is 4.39 Å². The molecule has 0 saturated carbocycles. The zero-order valence-electron chi connectivity index (χ0n) is 12.6. The predicted octanol–water partition coefficient (Wildman–Crippen LogP) is 3.10. The molecule has 0 radical (unpaired) electrons. The molecule has 0 spiro atoms. The van der Waals surface area contributed by atoms with E-state index < -0.39 is 0 Å². The Balaban J connectivity index is 2.11. The molecule has 1 aromatic rings. The molecule has 0 bridgehead atoms. The summed E-state index contributed by atoms with van der Waals surface area (Å²) in [7, 11) is 0. The van der Waals surface area contributed by atoms with E-state index in [0.29, 0.717) is 12.6 Å². The van der Waals surface area contributed by atoms with E-state index in [1.165, 1.54) is 5.69 Å². The van der Waals surface area contributed by atoms with Gasteiger partial charge in [-0.1, -0.05) is 20.8 Å². The van der Waals surface area contributed by atoms with Crippen molar-refractivity contribution in [1.29, 1.82) is 0 Å². The number of alkyl halides is 1. The number of nitrogens with zero attached hydrogens (tertiary/aromatic N) is 3. The molecule has 3 nitrogen and oxygen atoms in total. The van der Waals surface area contributed by atoms with Gasteiger partial charge in [0.05, 0.1) is 11.7 Å². The molecule has 1 aromatic heterocycles. The fourth-order valence-electron chi connectivity index (χ4n) is 2.86. The van der Waals surface area contributed by atoms with Crippen LogP contribution in [0.5, 0.6) is 0 Å². The van der Waals surface area contributed by atoms with E-state index in [-0.39, 0.29) is 12.1 Å². The van der Waals surface area contributed by atoms with Gasteiger partial charge in [-0.25, -0.2) is 4.39 Å². The van der Waals surface area contributed by atoms with Crippen LogP contribution in [0, 0.1) is 6.92 Å². The lowest BCUT2D eigenvalue weighted by Gasteiger charge is -2.33. The maximum atomic E-state index is 12.4. The fourth-order valence-corrected chi connectivity index (χ4v) is 2.86. The zero-order valence-corrected chi connectivity index (χ0v) is 12.6. The van der Waals surface area contributed by atoms with Gasteiger partial charge in [-0.05, 0) is 25.8 Å². The van der Waals surface area contributed by atoms with Crippen molar-refractivity contribution >= 4 is 0 Å². The number of hydrogen-bond donors (Lipinski definition) is 0. The summed E-state index contributed by atoms with van der Waals surface area (Å²) in [5.41, 5.74) is 2.53. The molecule has 1 aliphatic rings. The van der Waals surface area contributed by atoms with Crippen LogP contribution < -0.4 is 0 Å². The second-order valence-electron chi connectivity index (χ2n) is 6.63. The van der Waals surface area contributed by atoms with Crippen molar-refractivity contribution in [1.82, 2.24) is 14.7 Å². The van der Waals surface area contributed by atoms with E-state index in [1.54, 1.807) is 0 Å². The average molecular weight is 267 g/mol. The van der Waals surface area contributed by atoms with Crippen LogP contribution in [0.1, 0.15) is 51.0 Å². The van der Waals surface area contributed by atoms with Gasteiger partial charge in [0.2, 0.25) is 0 Å². The molecular formula is C15H26FN3. The quantitative estimate of drug-likeness (QED) is 0.839. The largest absolute Gasteiger partial charge is 0.301 e. The van der Waals surface area contributed by atoms with Crippen LogP contribution in [0.4, 0.5) is 4.39 Å². The monoisotopic (exact) mass is 267 g/mol. The highest BCUT2D eigenvalue weighted by molar-refractivity contribution is 5.18. The van der Waals surface area contributed by atoms with Gasteiger partial charge >= 0.3 is 0 Å². The van der Waals surface area contributed by atoms with Crippen LogP contribution in [-0.2, 0) is 5.41 Å². The molecule has 1 saturated heterocycles. The lowest BCUT2D eigenvalue weighted by molar-refractivity contribution is 0.165. The van der Waals surface area contributed by atoms with E-state index >= 15 is 0 Å². The molecule has 0 unspecified atom stereocenters. The number of aryl methyl sites for hydroxylation is 1. The van der Waals surface area contributed by atoms with Gasteiger partial charge < -0.3 is 4.90 Å². The predicted molar refractivity (Wildman–Crippen MR) is 76.4 cm³/mol. The van der Waals surface area contributed by atoms with Crippen molar-refractivity contribution in [2.75, 3.05) is 26.3 Å². The molecule has 0 aromatic carbocycles. The Hall–Kier alpha value is -0.900. The van der Waals surface area contributed by atoms with Gasteiger partial charge in [0.15, 0.2) is 0 Å². The Kier molecular flexibility index (Phi) is 4.29. The first kappa shape index (κ1) is 14.5. The second kappa shape index (κ2) is 5.61. The molecule has 19 heavy (non-hydrogen) atoms. The van der Waals surface area contributed by atoms with Crippen molar-refractivity contribution in [3.63, 3.8) is 0 Å². The number of likely N-dealkylation sites (tertiary alicyclic amines) is 1. The molecule has 1 aliphatic heterocycles. The molecule has 1 fully saturated rings. The molecule has 0 atom stereocenters. The lowest BCUT2D eigenvalue weighted by atomic mass is 9.91. The third-order valence-corrected chi connectivity index (χ3v) is 3.93. The van der Waals surface area contributed by atoms with Crippen molar-refractivity contribution in [3.8, 4) is 0 Å². The molecular weight excluding hydrogens is 241 g/mol. The van der Waals surface area contributed by atoms with Crippen LogP contribution >= 0.6 is 0 Å². The summed E-state index contributed by atoms with van der Waals surface area (Å²) in [4.78, 5) is 2.21. The molecule has 2 rings (SSSR count). The highest BCUT2D eigenvalue weighted by atomic mass is 19.1. The normalized spacial score (nSPS) is 19.0. The molecule has 108 valence electrons. The summed E-state index contributed by atoms with van der Waals surface area (Å²) in [6.45, 7) is 11.1. The first-order valence-corrected chi connectivity index (χ1v) is 7.27. The van der Waals surface area contributed by atoms with Crippen LogP contribution in [0.15, 0.2) is 6.07 Å². The third kappa shape index (κ3) is 3.35. The van der Waals surface area contributed by atoms with Gasteiger partial charge in [-0.15, -0.1) is 0 Å². The Morgan fingerprint density at radius 2 is 1.95 bits per heavy atom. The highest BCUT2D eigenvalue weighted by Gasteiger charge is 2.27. The van der Waals surface area contributed by atoms with Crippen molar-refractivity contribution in [2.45, 2.75) is 52.0 Å². The number of rotatable bonds is 3. The highest BCUT2D eigenvalue weighted by Crippen LogP contribution is 2.30. The minimum Gasteiger partial charge on any atom is -0.301 e. The van der Waals surface area contributed by atoms with Gasteiger partial charge in [0.25, 0.3) is 0 Å². The van der Waals surface area contributed by atoms with Crippen LogP contribution in [0.25, 0.3) is 0 Å². The summed E-state index contributed by atoms with van der Waals surface area (Å²) in [5.74, 6) is 0. The summed E-state index contributed by atoms with van der Waals surface area (Å²) < 4.78 is 14.6. The van der Waals surface area contributed by atoms with Crippen LogP contribution in [-0.4, -0.2) is 41.0 Å². The Bertz CT molecular complexity index is 412. The minimum absolute atomic E-state index is 0.122. The SMILES string of the molecule is Cc1cc(C(C)(C)C)n(C2CCN(CCF)CC2)n1. The number of halogens is 1. The van der Waals surface area contributed by atoms with Gasteiger partial charge in [-0.3, -0.25) is 4.68 Å². The van der Waals surface area contributed by atoms with E-state index in [1.807, 2.05) is 0 Å². The Morgan fingerprint density at radius 3 is 2.47 bits per heavy atom. The second-order valence-corrected chi connectivity index (χ2v) is 6.63. The van der Waals surface area contributed by atoms with Gasteiger partial charge in [-0.2, -0.15) is 5.10 Å². The summed E-state index contributed by atoms with van der Waals surface area (Å²) >= 11 is 0. The zero-order chi connectivity index (χ0) is 14.0. The average Bonchev–Trinajstić information content (AvgIpc) is 2.73. The molecule has 2 heterocycles. The lowest BCUT2D eigenvalue weighted by Crippen LogP contribution is -2.37. The standard InChI is InChI=1S/C15H26FN3/c1-12-11-14(15(2,3)4)19(17-12)13-5-8-18(9-6-13)10-7-16/h11,13H,5-10H2,1-4H3. The Labute approximate surface area is 115 Å². The first-order chi connectivity index (χ1) is 8.91. The first-order valence-electron chi connectivity index (χ1n) is 7.27. The van der Waals surface area contributed by atoms with Crippen LogP contribution in [0.3, 0.4) is 0 Å². The number of hydrogen-bond acceptors (Lipinski definition) is 2. The van der Waals surface area contributed by atoms with Gasteiger partial charge in [0.1, 0.15) is 6.67 Å². The summed E-state index contributed by atoms with van der Waals surface area (Å²) in [5, 5.41) is 4.70. The van der Waals surface area contributed by atoms with Crippen molar-refractivity contribution in [2.24, 2.45) is 0 Å². The molecule has 0 amide bonds. The van der Waals surface area contributed by atoms with Gasteiger partial charge in [0, 0.05) is 30.7 Å². The number of piperidine rings is 1.